The molecular formula is C22H19N3OS2. The second kappa shape index (κ2) is 8.04. The van der Waals surface area contributed by atoms with Crippen molar-refractivity contribution in [2.24, 2.45) is 0 Å². The molecule has 0 fully saturated rings. The van der Waals surface area contributed by atoms with Gasteiger partial charge >= 0.3 is 0 Å². The van der Waals surface area contributed by atoms with Crippen LogP contribution in [0.15, 0.2) is 60.1 Å². The lowest BCUT2D eigenvalue weighted by atomic mass is 10.1. The third kappa shape index (κ3) is 4.03. The van der Waals surface area contributed by atoms with Crippen LogP contribution in [0.25, 0.3) is 16.3 Å². The van der Waals surface area contributed by atoms with Crippen LogP contribution >= 0.6 is 22.7 Å². The number of carbonyl (C=O) groups excluding carboxylic acids is 1. The monoisotopic (exact) mass is 405 g/mol. The predicted octanol–water partition coefficient (Wildman–Crippen LogP) is 5.62. The van der Waals surface area contributed by atoms with Crippen LogP contribution in [0.2, 0.25) is 0 Å². The molecule has 0 radical (unpaired) electrons. The Labute approximate surface area is 171 Å². The molecule has 0 atom stereocenters. The topological polar surface area (TPSA) is 46.1 Å². The molecule has 0 bridgehead atoms. The lowest BCUT2D eigenvalue weighted by Crippen LogP contribution is -2.28. The summed E-state index contributed by atoms with van der Waals surface area (Å²) in [7, 11) is 0. The molecule has 0 aliphatic rings. The number of thiazole rings is 1. The highest BCUT2D eigenvalue weighted by Gasteiger charge is 2.19. The second-order valence-electron chi connectivity index (χ2n) is 6.49. The van der Waals surface area contributed by atoms with E-state index in [1.54, 1.807) is 28.5 Å². The maximum absolute atomic E-state index is 13.0. The molecular weight excluding hydrogens is 386 g/mol. The molecule has 0 saturated heterocycles. The largest absolute Gasteiger partial charge is 0.278 e. The predicted molar refractivity (Wildman–Crippen MR) is 118 cm³/mol. The number of pyridine rings is 1. The summed E-state index contributed by atoms with van der Waals surface area (Å²) in [6.07, 6.45) is 5.20. The number of aryl methyl sites for hydroxylation is 2. The van der Waals surface area contributed by atoms with Gasteiger partial charge in [0.05, 0.1) is 22.5 Å². The van der Waals surface area contributed by atoms with Crippen LogP contribution in [0.1, 0.15) is 21.7 Å². The highest BCUT2D eigenvalue weighted by molar-refractivity contribution is 7.22. The number of anilines is 1. The number of hydrogen-bond acceptors (Lipinski definition) is 5. The summed E-state index contributed by atoms with van der Waals surface area (Å²) in [5, 5.41) is 2.68. The molecule has 1 aromatic carbocycles. The highest BCUT2D eigenvalue weighted by Crippen LogP contribution is 2.31. The lowest BCUT2D eigenvalue weighted by Gasteiger charge is -2.17. The Morgan fingerprint density at radius 1 is 1.14 bits per heavy atom. The number of hydrogen-bond donors (Lipinski definition) is 0. The fourth-order valence-electron chi connectivity index (χ4n) is 2.81. The van der Waals surface area contributed by atoms with Gasteiger partial charge in [-0.05, 0) is 66.8 Å². The Bertz CT molecular complexity index is 1090. The van der Waals surface area contributed by atoms with Gasteiger partial charge in [0, 0.05) is 17.2 Å². The first-order valence-electron chi connectivity index (χ1n) is 8.91. The van der Waals surface area contributed by atoms with Crippen LogP contribution in [0.3, 0.4) is 0 Å². The minimum Gasteiger partial charge on any atom is -0.278 e. The van der Waals surface area contributed by atoms with Crippen molar-refractivity contribution in [3.05, 3.63) is 81.8 Å². The van der Waals surface area contributed by atoms with Crippen LogP contribution in [-0.2, 0) is 11.3 Å². The van der Waals surface area contributed by atoms with Crippen molar-refractivity contribution in [2.45, 2.75) is 20.4 Å². The van der Waals surface area contributed by atoms with Crippen molar-refractivity contribution in [3.8, 4) is 0 Å². The lowest BCUT2D eigenvalue weighted by molar-refractivity contribution is -0.114. The van der Waals surface area contributed by atoms with Crippen molar-refractivity contribution in [3.63, 3.8) is 0 Å². The van der Waals surface area contributed by atoms with Crippen molar-refractivity contribution in [1.29, 1.82) is 0 Å². The summed E-state index contributed by atoms with van der Waals surface area (Å²) in [5.41, 5.74) is 4.17. The minimum absolute atomic E-state index is 0.105. The minimum atomic E-state index is -0.105. The molecule has 0 saturated carbocycles. The number of amides is 1. The number of nitrogens with zero attached hydrogens (tertiary/aromatic N) is 3. The quantitative estimate of drug-likeness (QED) is 0.405. The number of benzene rings is 1. The summed E-state index contributed by atoms with van der Waals surface area (Å²) in [5.74, 6) is -0.105. The smallest absolute Gasteiger partial charge is 0.253 e. The normalized spacial score (nSPS) is 11.4. The molecule has 1 amide bonds. The number of carbonyl (C=O) groups is 1. The van der Waals surface area contributed by atoms with Crippen LogP contribution in [-0.4, -0.2) is 15.9 Å². The Kier molecular flexibility index (Phi) is 5.32. The molecule has 0 N–H and O–H groups in total. The second-order valence-corrected chi connectivity index (χ2v) is 8.48. The van der Waals surface area contributed by atoms with Crippen molar-refractivity contribution in [2.75, 3.05) is 4.90 Å². The number of fused-ring (bicyclic) bond motifs is 1. The average molecular weight is 406 g/mol. The molecule has 4 nitrogen and oxygen atoms in total. The van der Waals surface area contributed by atoms with E-state index in [1.807, 2.05) is 41.8 Å². The van der Waals surface area contributed by atoms with Crippen molar-refractivity contribution < 1.29 is 4.79 Å². The van der Waals surface area contributed by atoms with Crippen LogP contribution in [0.5, 0.6) is 0 Å². The van der Waals surface area contributed by atoms with Crippen LogP contribution in [0.4, 0.5) is 5.13 Å². The fourth-order valence-corrected chi connectivity index (χ4v) is 4.47. The molecule has 0 spiro atoms. The summed E-state index contributed by atoms with van der Waals surface area (Å²) >= 11 is 3.13. The Morgan fingerprint density at radius 2 is 2.00 bits per heavy atom. The number of rotatable bonds is 5. The van der Waals surface area contributed by atoms with E-state index in [-0.39, 0.29) is 5.91 Å². The van der Waals surface area contributed by atoms with E-state index in [0.717, 1.165) is 20.8 Å². The van der Waals surface area contributed by atoms with Crippen molar-refractivity contribution >= 4 is 50.0 Å². The molecule has 6 heteroatoms. The van der Waals surface area contributed by atoms with Crippen LogP contribution in [0, 0.1) is 13.8 Å². The van der Waals surface area contributed by atoms with Gasteiger partial charge in [-0.2, -0.15) is 0 Å². The maximum Gasteiger partial charge on any atom is 0.253 e. The highest BCUT2D eigenvalue weighted by atomic mass is 32.1. The molecule has 0 aliphatic carbocycles. The SMILES string of the molecule is Cc1cc2nc(N(Cc3ccccn3)C(=O)/C=C/c3cccs3)sc2cc1C. The van der Waals surface area contributed by atoms with E-state index < -0.39 is 0 Å². The zero-order chi connectivity index (χ0) is 19.5. The number of aromatic nitrogens is 2. The molecule has 4 aromatic rings. The van der Waals surface area contributed by atoms with Gasteiger partial charge < -0.3 is 0 Å². The van der Waals surface area contributed by atoms with Gasteiger partial charge in [-0.25, -0.2) is 4.98 Å². The van der Waals surface area contributed by atoms with Gasteiger partial charge in [-0.1, -0.05) is 23.5 Å². The first kappa shape index (κ1) is 18.5. The van der Waals surface area contributed by atoms with E-state index in [4.69, 9.17) is 4.98 Å². The standard InChI is InChI=1S/C22H19N3OS2/c1-15-12-19-20(13-16(15)2)28-22(24-19)25(14-17-6-3-4-10-23-17)21(26)9-8-18-7-5-11-27-18/h3-13H,14H2,1-2H3/b9-8+. The first-order valence-corrected chi connectivity index (χ1v) is 10.6. The first-order chi connectivity index (χ1) is 13.6. The maximum atomic E-state index is 13.0. The number of thiophene rings is 1. The average Bonchev–Trinajstić information content (AvgIpc) is 3.35. The molecule has 0 unspecified atom stereocenters. The summed E-state index contributed by atoms with van der Waals surface area (Å²) in [6, 6.07) is 13.9. The van der Waals surface area contributed by atoms with E-state index in [1.165, 1.54) is 22.5 Å². The van der Waals surface area contributed by atoms with E-state index >= 15 is 0 Å². The van der Waals surface area contributed by atoms with Crippen molar-refractivity contribution in [1.82, 2.24) is 9.97 Å². The zero-order valence-corrected chi connectivity index (χ0v) is 17.3. The van der Waals surface area contributed by atoms with Gasteiger partial charge in [-0.3, -0.25) is 14.7 Å². The summed E-state index contributed by atoms with van der Waals surface area (Å²) < 4.78 is 1.08. The van der Waals surface area contributed by atoms with E-state index in [9.17, 15) is 4.79 Å². The van der Waals surface area contributed by atoms with E-state index in [2.05, 4.69) is 31.0 Å². The zero-order valence-electron chi connectivity index (χ0n) is 15.6. The van der Waals surface area contributed by atoms with Gasteiger partial charge in [0.15, 0.2) is 5.13 Å². The molecule has 3 aromatic heterocycles. The third-order valence-electron chi connectivity index (χ3n) is 4.47. The Morgan fingerprint density at radius 3 is 2.75 bits per heavy atom. The summed E-state index contributed by atoms with van der Waals surface area (Å²) in [6.45, 7) is 4.55. The van der Waals surface area contributed by atoms with Gasteiger partial charge in [-0.15, -0.1) is 11.3 Å². The van der Waals surface area contributed by atoms with Gasteiger partial charge in [0.25, 0.3) is 5.91 Å². The molecule has 4 rings (SSSR count). The molecule has 0 aliphatic heterocycles. The Balaban J connectivity index is 1.70. The molecule has 28 heavy (non-hydrogen) atoms. The van der Waals surface area contributed by atoms with Gasteiger partial charge in [0.2, 0.25) is 0 Å². The summed E-state index contributed by atoms with van der Waals surface area (Å²) in [4.78, 5) is 24.9. The van der Waals surface area contributed by atoms with Gasteiger partial charge in [0.1, 0.15) is 0 Å². The fraction of sp³-hybridized carbons (Fsp3) is 0.136. The van der Waals surface area contributed by atoms with E-state index in [0.29, 0.717) is 11.7 Å². The molecule has 140 valence electrons. The van der Waals surface area contributed by atoms with Crippen LogP contribution < -0.4 is 4.90 Å². The third-order valence-corrected chi connectivity index (χ3v) is 6.35. The Hall–Kier alpha value is -2.83. The molecule has 3 heterocycles.